The van der Waals surface area contributed by atoms with Crippen molar-refractivity contribution in [2.24, 2.45) is 0 Å². The highest BCUT2D eigenvalue weighted by Crippen LogP contribution is 1.86. The van der Waals surface area contributed by atoms with Gasteiger partial charge in [0.05, 0.1) is 0 Å². The molecule has 1 heteroatoms. The van der Waals surface area contributed by atoms with Crippen molar-refractivity contribution in [3.8, 4) is 0 Å². The van der Waals surface area contributed by atoms with E-state index < -0.39 is 0 Å². The molecule has 0 saturated carbocycles. The van der Waals surface area contributed by atoms with Gasteiger partial charge in [-0.1, -0.05) is 19.4 Å². The minimum Gasteiger partial charge on any atom is -0.389 e. The van der Waals surface area contributed by atoms with Crippen LogP contribution in [0.4, 0.5) is 0 Å². The Morgan fingerprint density at radius 3 is 2.56 bits per heavy atom. The molecule has 1 nitrogen and oxygen atoms in total. The fraction of sp³-hybridized carbons (Fsp3) is 0.750. The first-order valence-electron chi connectivity index (χ1n) is 3.68. The van der Waals surface area contributed by atoms with Crippen molar-refractivity contribution >= 4 is 0 Å². The molecule has 1 N–H and O–H groups in total. The maximum atomic E-state index is 3.20. The van der Waals surface area contributed by atoms with Gasteiger partial charge in [0.1, 0.15) is 0 Å². The van der Waals surface area contributed by atoms with Gasteiger partial charge in [0.15, 0.2) is 0 Å². The summed E-state index contributed by atoms with van der Waals surface area (Å²) in [6.07, 6.45) is 6.62. The molecule has 0 aromatic heterocycles. The van der Waals surface area contributed by atoms with E-state index in [0.29, 0.717) is 6.04 Å². The Hall–Kier alpha value is -0.460. The van der Waals surface area contributed by atoms with Gasteiger partial charge in [-0.15, -0.1) is 0 Å². The number of allylic oxidation sites excluding steroid dienone is 1. The first-order chi connectivity index (χ1) is 4.27. The zero-order chi connectivity index (χ0) is 7.11. The lowest BCUT2D eigenvalue weighted by atomic mass is 10.3. The summed E-state index contributed by atoms with van der Waals surface area (Å²) in [7, 11) is 0. The standard InChI is InChI=1S/C8H17N/c1-4-5-6-7-9-8(2)3/h6-9H,4-5H2,1-3H3. The maximum Gasteiger partial charge on any atom is 0.0199 e. The molecule has 0 aliphatic carbocycles. The van der Waals surface area contributed by atoms with E-state index in [2.05, 4.69) is 32.2 Å². The summed E-state index contributed by atoms with van der Waals surface area (Å²) in [5.41, 5.74) is 0. The van der Waals surface area contributed by atoms with Gasteiger partial charge in [0.2, 0.25) is 0 Å². The summed E-state index contributed by atoms with van der Waals surface area (Å²) in [6.45, 7) is 6.45. The number of unbranched alkanes of at least 4 members (excludes halogenated alkanes) is 1. The first kappa shape index (κ1) is 8.54. The molecule has 0 bridgehead atoms. The molecule has 0 aliphatic heterocycles. The molecule has 0 aliphatic rings. The molecule has 0 rings (SSSR count). The van der Waals surface area contributed by atoms with Crippen LogP contribution in [0, 0.1) is 0 Å². The molecule has 0 aromatic rings. The molecule has 0 unspecified atom stereocenters. The van der Waals surface area contributed by atoms with Gasteiger partial charge < -0.3 is 5.32 Å². The van der Waals surface area contributed by atoms with Crippen molar-refractivity contribution in [2.45, 2.75) is 39.7 Å². The Morgan fingerprint density at radius 2 is 2.11 bits per heavy atom. The van der Waals surface area contributed by atoms with Crippen LogP contribution in [0.2, 0.25) is 0 Å². The molecule has 0 radical (unpaired) electrons. The van der Waals surface area contributed by atoms with Crippen molar-refractivity contribution in [1.82, 2.24) is 5.32 Å². The van der Waals surface area contributed by atoms with Gasteiger partial charge in [-0.3, -0.25) is 0 Å². The predicted octanol–water partition coefficient (Wildman–Crippen LogP) is 2.30. The van der Waals surface area contributed by atoms with Crippen molar-refractivity contribution < 1.29 is 0 Å². The molecule has 0 aromatic carbocycles. The Kier molecular flexibility index (Phi) is 5.38. The molecule has 0 atom stereocenters. The maximum absolute atomic E-state index is 3.20. The largest absolute Gasteiger partial charge is 0.389 e. The topological polar surface area (TPSA) is 12.0 Å². The molecule has 9 heavy (non-hydrogen) atoms. The Bertz CT molecular complexity index is 74.6. The van der Waals surface area contributed by atoms with E-state index >= 15 is 0 Å². The molecule has 54 valence electrons. The van der Waals surface area contributed by atoms with Crippen LogP contribution in [0.1, 0.15) is 33.6 Å². The zero-order valence-corrected chi connectivity index (χ0v) is 6.65. The van der Waals surface area contributed by atoms with Crippen LogP contribution < -0.4 is 5.32 Å². The monoisotopic (exact) mass is 127 g/mol. The minimum absolute atomic E-state index is 0.568. The molecule has 0 saturated heterocycles. The summed E-state index contributed by atoms with van der Waals surface area (Å²) < 4.78 is 0. The van der Waals surface area contributed by atoms with E-state index in [4.69, 9.17) is 0 Å². The third-order valence-electron chi connectivity index (χ3n) is 1.00. The Labute approximate surface area is 58.2 Å². The van der Waals surface area contributed by atoms with Crippen molar-refractivity contribution in [2.75, 3.05) is 0 Å². The second-order valence-corrected chi connectivity index (χ2v) is 2.51. The van der Waals surface area contributed by atoms with Crippen LogP contribution in [0.5, 0.6) is 0 Å². The van der Waals surface area contributed by atoms with E-state index in [1.165, 1.54) is 12.8 Å². The van der Waals surface area contributed by atoms with Crippen LogP contribution >= 0.6 is 0 Å². The van der Waals surface area contributed by atoms with E-state index in [1.54, 1.807) is 0 Å². The van der Waals surface area contributed by atoms with E-state index in [1.807, 2.05) is 6.20 Å². The summed E-state index contributed by atoms with van der Waals surface area (Å²) in [5.74, 6) is 0. The van der Waals surface area contributed by atoms with E-state index in [-0.39, 0.29) is 0 Å². The number of rotatable bonds is 4. The van der Waals surface area contributed by atoms with Gasteiger partial charge in [-0.05, 0) is 26.5 Å². The van der Waals surface area contributed by atoms with Crippen LogP contribution in [-0.2, 0) is 0 Å². The normalized spacial score (nSPS) is 11.1. The predicted molar refractivity (Wildman–Crippen MR) is 42.3 cm³/mol. The number of hydrogen-bond acceptors (Lipinski definition) is 1. The third kappa shape index (κ3) is 7.54. The average molecular weight is 127 g/mol. The Morgan fingerprint density at radius 1 is 1.44 bits per heavy atom. The molecular weight excluding hydrogens is 110 g/mol. The quantitative estimate of drug-likeness (QED) is 0.611. The second kappa shape index (κ2) is 5.67. The molecule has 0 fully saturated rings. The van der Waals surface area contributed by atoms with Gasteiger partial charge in [-0.2, -0.15) is 0 Å². The summed E-state index contributed by atoms with van der Waals surface area (Å²) in [5, 5.41) is 3.20. The lowest BCUT2D eigenvalue weighted by Gasteiger charge is -2.01. The highest BCUT2D eigenvalue weighted by Gasteiger charge is 1.81. The van der Waals surface area contributed by atoms with Crippen LogP contribution in [0.25, 0.3) is 0 Å². The number of hydrogen-bond donors (Lipinski definition) is 1. The third-order valence-corrected chi connectivity index (χ3v) is 1.00. The molecular formula is C8H17N. The zero-order valence-electron chi connectivity index (χ0n) is 6.65. The Balaban J connectivity index is 3.04. The average Bonchev–Trinajstić information content (AvgIpc) is 1.80. The van der Waals surface area contributed by atoms with Crippen molar-refractivity contribution in [3.05, 3.63) is 12.3 Å². The number of nitrogens with one attached hydrogen (secondary N) is 1. The van der Waals surface area contributed by atoms with Crippen molar-refractivity contribution in [1.29, 1.82) is 0 Å². The van der Waals surface area contributed by atoms with E-state index in [9.17, 15) is 0 Å². The minimum atomic E-state index is 0.568. The summed E-state index contributed by atoms with van der Waals surface area (Å²) in [6, 6.07) is 0.568. The smallest absolute Gasteiger partial charge is 0.0199 e. The van der Waals surface area contributed by atoms with Crippen LogP contribution in [0.3, 0.4) is 0 Å². The van der Waals surface area contributed by atoms with Gasteiger partial charge in [0.25, 0.3) is 0 Å². The second-order valence-electron chi connectivity index (χ2n) is 2.51. The SMILES string of the molecule is CCCC=CNC(C)C. The van der Waals surface area contributed by atoms with Gasteiger partial charge in [-0.25, -0.2) is 0 Å². The van der Waals surface area contributed by atoms with Crippen LogP contribution in [-0.4, -0.2) is 6.04 Å². The summed E-state index contributed by atoms with van der Waals surface area (Å²) in [4.78, 5) is 0. The van der Waals surface area contributed by atoms with Gasteiger partial charge in [0, 0.05) is 6.04 Å². The fourth-order valence-corrected chi connectivity index (χ4v) is 0.510. The highest BCUT2D eigenvalue weighted by molar-refractivity contribution is 4.79. The lowest BCUT2D eigenvalue weighted by Crippen LogP contribution is -2.14. The van der Waals surface area contributed by atoms with Gasteiger partial charge >= 0.3 is 0 Å². The molecule has 0 heterocycles. The fourth-order valence-electron chi connectivity index (χ4n) is 0.510. The molecule has 0 spiro atoms. The van der Waals surface area contributed by atoms with Crippen LogP contribution in [0.15, 0.2) is 12.3 Å². The highest BCUT2D eigenvalue weighted by atomic mass is 14.9. The first-order valence-corrected chi connectivity index (χ1v) is 3.68. The molecule has 0 amide bonds. The van der Waals surface area contributed by atoms with Crippen molar-refractivity contribution in [3.63, 3.8) is 0 Å². The van der Waals surface area contributed by atoms with E-state index in [0.717, 1.165) is 0 Å². The summed E-state index contributed by atoms with van der Waals surface area (Å²) >= 11 is 0. The lowest BCUT2D eigenvalue weighted by molar-refractivity contribution is 0.699.